The molecule has 1 aliphatic rings. The first-order valence-electron chi connectivity index (χ1n) is 8.14. The van der Waals surface area contributed by atoms with E-state index in [4.69, 9.17) is 10.5 Å². The van der Waals surface area contributed by atoms with Gasteiger partial charge in [0.05, 0.1) is 18.8 Å². The fourth-order valence-electron chi connectivity index (χ4n) is 2.62. The lowest BCUT2D eigenvalue weighted by Crippen LogP contribution is -2.47. The summed E-state index contributed by atoms with van der Waals surface area (Å²) >= 11 is 0. The minimum absolute atomic E-state index is 0.124. The van der Waals surface area contributed by atoms with Gasteiger partial charge in [-0.25, -0.2) is 0 Å². The Morgan fingerprint density at radius 3 is 2.45 bits per heavy atom. The maximum atomic E-state index is 12.4. The molecule has 1 fully saturated rings. The number of rotatable bonds is 7. The number of hydrogen-bond donors (Lipinski definition) is 1. The Bertz CT molecular complexity index is 497. The number of Topliss-reactive ketones (excluding diaryl/α,β-unsaturated/α-hetero) is 1. The molecular weight excluding hydrogens is 278 g/mol. The molecule has 2 rings (SSSR count). The van der Waals surface area contributed by atoms with Crippen LogP contribution < -0.4 is 10.5 Å². The van der Waals surface area contributed by atoms with Crippen LogP contribution in [0.25, 0.3) is 0 Å². The molecule has 5 nitrogen and oxygen atoms in total. The minimum atomic E-state index is 0.124. The number of likely N-dealkylation sites (N-methyl/N-ethyl adjacent to an activating group) is 1. The highest BCUT2D eigenvalue weighted by Gasteiger charge is 2.19. The number of nitrogens with two attached hydrogens (primary N) is 1. The number of nitrogen functional groups attached to an aromatic ring is 1. The zero-order valence-corrected chi connectivity index (χ0v) is 13.7. The normalized spacial score (nSPS) is 16.6. The van der Waals surface area contributed by atoms with Crippen LogP contribution in [-0.4, -0.2) is 61.5 Å². The maximum Gasteiger partial charge on any atom is 0.176 e. The third-order valence-electron chi connectivity index (χ3n) is 4.07. The summed E-state index contributed by atoms with van der Waals surface area (Å²) in [7, 11) is 0. The predicted molar refractivity (Wildman–Crippen MR) is 89.5 cm³/mol. The van der Waals surface area contributed by atoms with Crippen LogP contribution in [0.15, 0.2) is 18.2 Å². The Hall–Kier alpha value is -1.59. The topological polar surface area (TPSA) is 58.8 Å². The molecule has 1 aromatic carbocycles. The molecule has 1 heterocycles. The van der Waals surface area contributed by atoms with Gasteiger partial charge in [-0.1, -0.05) is 13.8 Å². The molecule has 0 aromatic heterocycles. The van der Waals surface area contributed by atoms with Gasteiger partial charge in [-0.3, -0.25) is 9.69 Å². The number of nitrogens with zero attached hydrogens (tertiary/aromatic N) is 2. The van der Waals surface area contributed by atoms with Crippen LogP contribution >= 0.6 is 0 Å². The maximum absolute atomic E-state index is 12.4. The van der Waals surface area contributed by atoms with E-state index in [0.717, 1.165) is 39.1 Å². The second kappa shape index (κ2) is 8.15. The Kier molecular flexibility index (Phi) is 6.21. The molecule has 1 saturated heterocycles. The van der Waals surface area contributed by atoms with Crippen LogP contribution in [0, 0.1) is 0 Å². The molecule has 1 aliphatic heterocycles. The lowest BCUT2D eigenvalue weighted by molar-refractivity contribution is 0.0859. The van der Waals surface area contributed by atoms with Gasteiger partial charge < -0.3 is 15.4 Å². The molecule has 0 amide bonds. The van der Waals surface area contributed by atoms with E-state index >= 15 is 0 Å². The summed E-state index contributed by atoms with van der Waals surface area (Å²) in [6.45, 7) is 10.4. The van der Waals surface area contributed by atoms with Crippen molar-refractivity contribution in [1.82, 2.24) is 9.80 Å². The Labute approximate surface area is 133 Å². The lowest BCUT2D eigenvalue weighted by Gasteiger charge is -2.33. The van der Waals surface area contributed by atoms with Gasteiger partial charge in [-0.2, -0.15) is 0 Å². The van der Waals surface area contributed by atoms with Crippen molar-refractivity contribution in [2.24, 2.45) is 0 Å². The van der Waals surface area contributed by atoms with Gasteiger partial charge in [0.2, 0.25) is 0 Å². The van der Waals surface area contributed by atoms with Crippen LogP contribution in [0.1, 0.15) is 30.6 Å². The van der Waals surface area contributed by atoms with Crippen LogP contribution in [-0.2, 0) is 0 Å². The van der Waals surface area contributed by atoms with Crippen LogP contribution in [0.3, 0.4) is 0 Å². The van der Waals surface area contributed by atoms with Crippen LogP contribution in [0.4, 0.5) is 5.69 Å². The fourth-order valence-corrected chi connectivity index (χ4v) is 2.62. The average Bonchev–Trinajstić information content (AvgIpc) is 2.54. The van der Waals surface area contributed by atoms with E-state index in [-0.39, 0.29) is 5.78 Å². The summed E-state index contributed by atoms with van der Waals surface area (Å²) in [6, 6.07) is 5.34. The van der Waals surface area contributed by atoms with E-state index in [0.29, 0.717) is 30.2 Å². The molecule has 0 bridgehead atoms. The van der Waals surface area contributed by atoms with E-state index in [1.807, 2.05) is 13.0 Å². The summed E-state index contributed by atoms with van der Waals surface area (Å²) < 4.78 is 5.54. The van der Waals surface area contributed by atoms with Crippen molar-refractivity contribution in [3.63, 3.8) is 0 Å². The summed E-state index contributed by atoms with van der Waals surface area (Å²) in [5, 5.41) is 0. The fraction of sp³-hybridized carbons (Fsp3) is 0.588. The second-order valence-electron chi connectivity index (χ2n) is 5.73. The predicted octanol–water partition coefficient (Wildman–Crippen LogP) is 1.88. The summed E-state index contributed by atoms with van der Waals surface area (Å²) in [5.41, 5.74) is 7.17. The van der Waals surface area contributed by atoms with Gasteiger partial charge in [0.1, 0.15) is 5.75 Å². The molecule has 0 atom stereocenters. The third kappa shape index (κ3) is 4.45. The van der Waals surface area contributed by atoms with Crippen molar-refractivity contribution in [1.29, 1.82) is 0 Å². The van der Waals surface area contributed by atoms with Crippen molar-refractivity contribution in [2.75, 3.05) is 51.6 Å². The molecule has 22 heavy (non-hydrogen) atoms. The minimum Gasteiger partial charge on any atom is -0.491 e. The molecule has 0 spiro atoms. The highest BCUT2D eigenvalue weighted by molar-refractivity contribution is 5.98. The van der Waals surface area contributed by atoms with Gasteiger partial charge >= 0.3 is 0 Å². The third-order valence-corrected chi connectivity index (χ3v) is 4.07. The molecule has 0 radical (unpaired) electrons. The molecule has 1 aromatic rings. The Balaban J connectivity index is 1.91. The number of carbonyl (C=O) groups excluding carboxylic acids is 1. The second-order valence-corrected chi connectivity index (χ2v) is 5.73. The first-order valence-corrected chi connectivity index (χ1v) is 8.14. The molecule has 0 saturated carbocycles. The molecule has 122 valence electrons. The van der Waals surface area contributed by atoms with Gasteiger partial charge in [-0.05, 0) is 31.2 Å². The average molecular weight is 305 g/mol. The van der Waals surface area contributed by atoms with Gasteiger partial charge in [0, 0.05) is 31.7 Å². The van der Waals surface area contributed by atoms with Crippen molar-refractivity contribution < 1.29 is 9.53 Å². The van der Waals surface area contributed by atoms with E-state index in [9.17, 15) is 4.79 Å². The number of anilines is 1. The largest absolute Gasteiger partial charge is 0.491 e. The SMILES string of the molecule is CCCOc1ccc(C(=O)CN2CCN(CC)CC2)cc1N. The van der Waals surface area contributed by atoms with Crippen LogP contribution in [0.2, 0.25) is 0 Å². The Morgan fingerprint density at radius 1 is 1.18 bits per heavy atom. The van der Waals surface area contributed by atoms with E-state index in [1.54, 1.807) is 12.1 Å². The highest BCUT2D eigenvalue weighted by atomic mass is 16.5. The molecule has 2 N–H and O–H groups in total. The molecule has 0 aliphatic carbocycles. The van der Waals surface area contributed by atoms with Gasteiger partial charge in [0.15, 0.2) is 5.78 Å². The highest BCUT2D eigenvalue weighted by Crippen LogP contribution is 2.23. The van der Waals surface area contributed by atoms with Gasteiger partial charge in [-0.15, -0.1) is 0 Å². The monoisotopic (exact) mass is 305 g/mol. The number of ketones is 1. The molecule has 0 unspecified atom stereocenters. The quantitative estimate of drug-likeness (QED) is 0.616. The first kappa shape index (κ1) is 16.8. The smallest absolute Gasteiger partial charge is 0.176 e. The number of carbonyl (C=O) groups is 1. The van der Waals surface area contributed by atoms with Crippen molar-refractivity contribution in [2.45, 2.75) is 20.3 Å². The van der Waals surface area contributed by atoms with Crippen molar-refractivity contribution in [3.05, 3.63) is 23.8 Å². The van der Waals surface area contributed by atoms with Crippen molar-refractivity contribution >= 4 is 11.5 Å². The number of ether oxygens (including phenoxy) is 1. The Morgan fingerprint density at radius 2 is 1.86 bits per heavy atom. The lowest BCUT2D eigenvalue weighted by atomic mass is 10.1. The molecule has 5 heteroatoms. The van der Waals surface area contributed by atoms with E-state index in [1.165, 1.54) is 0 Å². The van der Waals surface area contributed by atoms with E-state index < -0.39 is 0 Å². The van der Waals surface area contributed by atoms with E-state index in [2.05, 4.69) is 16.7 Å². The number of benzene rings is 1. The summed E-state index contributed by atoms with van der Waals surface area (Å²) in [6.07, 6.45) is 0.934. The first-order chi connectivity index (χ1) is 10.6. The van der Waals surface area contributed by atoms with Crippen molar-refractivity contribution in [3.8, 4) is 5.75 Å². The zero-order chi connectivity index (χ0) is 15.9. The number of hydrogen-bond acceptors (Lipinski definition) is 5. The van der Waals surface area contributed by atoms with Crippen LogP contribution in [0.5, 0.6) is 5.75 Å². The zero-order valence-electron chi connectivity index (χ0n) is 13.7. The number of piperazine rings is 1. The molecular formula is C17H27N3O2. The summed E-state index contributed by atoms with van der Waals surface area (Å²) in [4.78, 5) is 17.0. The standard InChI is InChI=1S/C17H27N3O2/c1-3-11-22-17-6-5-14(12-15(17)18)16(21)13-20-9-7-19(4-2)8-10-20/h5-6,12H,3-4,7-11,13,18H2,1-2H3. The summed E-state index contributed by atoms with van der Waals surface area (Å²) in [5.74, 6) is 0.786. The van der Waals surface area contributed by atoms with Gasteiger partial charge in [0.25, 0.3) is 0 Å².